The van der Waals surface area contributed by atoms with E-state index in [-0.39, 0.29) is 0 Å². The van der Waals surface area contributed by atoms with Crippen molar-refractivity contribution in [3.05, 3.63) is 0 Å². The van der Waals surface area contributed by atoms with Gasteiger partial charge < -0.3 is 9.47 Å². The van der Waals surface area contributed by atoms with Gasteiger partial charge >= 0.3 is 12.4 Å². The van der Waals surface area contributed by atoms with E-state index in [1.54, 1.807) is 13.8 Å². The van der Waals surface area contributed by atoms with Crippen molar-refractivity contribution in [1.29, 1.82) is 0 Å². The van der Waals surface area contributed by atoms with Gasteiger partial charge in [0.15, 0.2) is 12.2 Å². The molecule has 4 atom stereocenters. The van der Waals surface area contributed by atoms with Gasteiger partial charge in [0.1, 0.15) is 0 Å². The number of fused-ring (bicyclic) bond motifs is 1. The molecule has 0 radical (unpaired) electrons. The number of halogens is 6. The van der Waals surface area contributed by atoms with Crippen LogP contribution in [0.5, 0.6) is 0 Å². The van der Waals surface area contributed by atoms with E-state index >= 15 is 0 Å². The fourth-order valence-electron chi connectivity index (χ4n) is 4.80. The van der Waals surface area contributed by atoms with E-state index in [0.717, 1.165) is 38.5 Å². The van der Waals surface area contributed by atoms with Crippen LogP contribution in [0.1, 0.15) is 84.5 Å². The minimum Gasteiger partial charge on any atom is -0.365 e. The largest absolute Gasteiger partial charge is 0.414 e. The lowest BCUT2D eigenvalue weighted by Gasteiger charge is -2.49. The minimum absolute atomic E-state index is 0.317. The van der Waals surface area contributed by atoms with E-state index in [9.17, 15) is 26.3 Å². The van der Waals surface area contributed by atoms with Crippen molar-refractivity contribution in [3.63, 3.8) is 0 Å². The van der Waals surface area contributed by atoms with Gasteiger partial charge in [-0.2, -0.15) is 26.3 Å². The van der Waals surface area contributed by atoms with Gasteiger partial charge in [0.2, 0.25) is 0 Å². The Hall–Kier alpha value is -0.500. The molecule has 166 valence electrons. The second-order valence-electron chi connectivity index (χ2n) is 8.17. The molecule has 1 saturated carbocycles. The molecule has 0 bridgehead atoms. The second kappa shape index (κ2) is 9.54. The molecular weight excluding hydrogens is 386 g/mol. The van der Waals surface area contributed by atoms with Crippen LogP contribution in [-0.4, -0.2) is 36.3 Å². The number of ether oxygens (including phenoxy) is 2. The molecule has 1 heterocycles. The summed E-state index contributed by atoms with van der Waals surface area (Å²) in [5.41, 5.74) is -1.12. The van der Waals surface area contributed by atoms with Crippen LogP contribution in [0.4, 0.5) is 26.3 Å². The Balaban J connectivity index is 2.45. The fourth-order valence-corrected chi connectivity index (χ4v) is 4.80. The highest BCUT2D eigenvalue weighted by atomic mass is 19.4. The van der Waals surface area contributed by atoms with E-state index in [1.165, 1.54) is 0 Å². The van der Waals surface area contributed by atoms with Crippen molar-refractivity contribution in [2.75, 3.05) is 0 Å². The Morgan fingerprint density at radius 3 is 1.75 bits per heavy atom. The van der Waals surface area contributed by atoms with Crippen molar-refractivity contribution in [2.45, 2.75) is 121 Å². The SMILES string of the molecule is CCC1(CC)OC(C(F)(F)F)CC(C(F)(F)F)O[C@H]2CCCCCCCC[C@H]21. The highest BCUT2D eigenvalue weighted by Crippen LogP contribution is 2.46. The average molecular weight is 418 g/mol. The molecule has 0 spiro atoms. The molecule has 0 aromatic carbocycles. The smallest absolute Gasteiger partial charge is 0.365 e. The van der Waals surface area contributed by atoms with Gasteiger partial charge in [0.05, 0.1) is 11.7 Å². The summed E-state index contributed by atoms with van der Waals surface area (Å²) in [7, 11) is 0. The Kier molecular flexibility index (Phi) is 8.10. The first kappa shape index (κ1) is 23.8. The summed E-state index contributed by atoms with van der Waals surface area (Å²) in [4.78, 5) is 0. The highest BCUT2D eigenvalue weighted by Gasteiger charge is 2.56. The summed E-state index contributed by atoms with van der Waals surface area (Å²) in [6, 6.07) is 0. The molecule has 2 fully saturated rings. The van der Waals surface area contributed by atoms with Crippen molar-refractivity contribution in [1.82, 2.24) is 0 Å². The molecule has 0 N–H and O–H groups in total. The first-order valence-electron chi connectivity index (χ1n) is 10.5. The lowest BCUT2D eigenvalue weighted by Crippen LogP contribution is -2.56. The van der Waals surface area contributed by atoms with Gasteiger partial charge in [-0.25, -0.2) is 0 Å². The van der Waals surface area contributed by atoms with Gasteiger partial charge in [0, 0.05) is 12.3 Å². The van der Waals surface area contributed by atoms with Crippen molar-refractivity contribution in [2.24, 2.45) is 5.92 Å². The number of alkyl halides is 6. The zero-order chi connectivity index (χ0) is 21.0. The van der Waals surface area contributed by atoms with Crippen LogP contribution in [0.15, 0.2) is 0 Å². The zero-order valence-corrected chi connectivity index (χ0v) is 16.7. The molecule has 0 aromatic rings. The summed E-state index contributed by atoms with van der Waals surface area (Å²) in [5.74, 6) is -0.476. The Morgan fingerprint density at radius 1 is 0.750 bits per heavy atom. The first-order valence-corrected chi connectivity index (χ1v) is 10.5. The predicted molar refractivity (Wildman–Crippen MR) is 94.0 cm³/mol. The molecule has 28 heavy (non-hydrogen) atoms. The molecule has 1 aliphatic heterocycles. The summed E-state index contributed by atoms with van der Waals surface area (Å²) in [5, 5.41) is 0. The van der Waals surface area contributed by atoms with Crippen LogP contribution in [0.25, 0.3) is 0 Å². The molecule has 2 nitrogen and oxygen atoms in total. The van der Waals surface area contributed by atoms with Gasteiger partial charge in [-0.15, -0.1) is 0 Å². The Morgan fingerprint density at radius 2 is 1.25 bits per heavy atom. The van der Waals surface area contributed by atoms with Gasteiger partial charge in [0.25, 0.3) is 0 Å². The third kappa shape index (κ3) is 5.77. The number of hydrogen-bond acceptors (Lipinski definition) is 2. The fraction of sp³-hybridized carbons (Fsp3) is 1.00. The predicted octanol–water partition coefficient (Wildman–Crippen LogP) is 6.96. The molecule has 2 unspecified atom stereocenters. The van der Waals surface area contributed by atoms with Crippen molar-refractivity contribution < 1.29 is 35.8 Å². The molecule has 2 aliphatic rings. The molecule has 0 amide bonds. The van der Waals surface area contributed by atoms with Crippen molar-refractivity contribution >= 4 is 0 Å². The molecular formula is C20H32F6O2. The van der Waals surface area contributed by atoms with Crippen LogP contribution in [0.3, 0.4) is 0 Å². The highest BCUT2D eigenvalue weighted by molar-refractivity contribution is 4.96. The third-order valence-corrected chi connectivity index (χ3v) is 6.45. The molecule has 2 rings (SSSR count). The lowest BCUT2D eigenvalue weighted by atomic mass is 9.73. The van der Waals surface area contributed by atoms with Crippen LogP contribution >= 0.6 is 0 Å². The van der Waals surface area contributed by atoms with E-state index < -0.39 is 48.6 Å². The molecule has 0 aromatic heterocycles. The van der Waals surface area contributed by atoms with E-state index in [2.05, 4.69) is 0 Å². The standard InChI is InChI=1S/C20H32F6O2/c1-3-18(4-2)14-11-9-7-5-6-8-10-12-15(14)27-16(19(21,22)23)13-17(28-18)20(24,25)26/h14-17H,3-13H2,1-2H3/t14-,15+,16?,17?/m1/s1. The average Bonchev–Trinajstić information content (AvgIpc) is 2.59. The summed E-state index contributed by atoms with van der Waals surface area (Å²) in [6.07, 6.45) is -9.65. The van der Waals surface area contributed by atoms with Crippen LogP contribution < -0.4 is 0 Å². The zero-order valence-electron chi connectivity index (χ0n) is 16.7. The lowest BCUT2D eigenvalue weighted by molar-refractivity contribution is -0.322. The summed E-state index contributed by atoms with van der Waals surface area (Å²) in [6.45, 7) is 3.52. The van der Waals surface area contributed by atoms with Crippen molar-refractivity contribution in [3.8, 4) is 0 Å². The summed E-state index contributed by atoms with van der Waals surface area (Å²) >= 11 is 0. The van der Waals surface area contributed by atoms with Gasteiger partial charge in [-0.3, -0.25) is 0 Å². The van der Waals surface area contributed by atoms with Gasteiger partial charge in [-0.1, -0.05) is 52.4 Å². The van der Waals surface area contributed by atoms with Crippen LogP contribution in [0.2, 0.25) is 0 Å². The summed E-state index contributed by atoms with van der Waals surface area (Å²) < 4.78 is 92.3. The molecule has 1 aliphatic carbocycles. The second-order valence-corrected chi connectivity index (χ2v) is 8.17. The number of rotatable bonds is 2. The van der Waals surface area contributed by atoms with E-state index in [1.807, 2.05) is 0 Å². The van der Waals surface area contributed by atoms with E-state index in [4.69, 9.17) is 9.47 Å². The van der Waals surface area contributed by atoms with E-state index in [0.29, 0.717) is 25.7 Å². The van der Waals surface area contributed by atoms with Crippen LogP contribution in [0, 0.1) is 5.92 Å². The third-order valence-electron chi connectivity index (χ3n) is 6.45. The normalized spacial score (nSPS) is 33.4. The first-order chi connectivity index (χ1) is 13.0. The van der Waals surface area contributed by atoms with Gasteiger partial charge in [-0.05, 0) is 25.7 Å². The topological polar surface area (TPSA) is 18.5 Å². The maximum absolute atomic E-state index is 13.6. The maximum Gasteiger partial charge on any atom is 0.414 e. The monoisotopic (exact) mass is 418 g/mol. The molecule has 8 heteroatoms. The molecule has 1 saturated heterocycles. The maximum atomic E-state index is 13.6. The quantitative estimate of drug-likeness (QED) is 0.451. The van der Waals surface area contributed by atoms with Crippen LogP contribution in [-0.2, 0) is 9.47 Å². The Bertz CT molecular complexity index is 472. The minimum atomic E-state index is -4.87. The number of hydrogen-bond donors (Lipinski definition) is 0. The Labute approximate surface area is 163 Å².